The molecule has 110 valence electrons. The molecule has 0 aromatic heterocycles. The summed E-state index contributed by atoms with van der Waals surface area (Å²) in [5.74, 6) is -1.09. The van der Waals surface area contributed by atoms with Crippen molar-refractivity contribution in [2.24, 2.45) is 0 Å². The number of likely N-dealkylation sites (tertiary alicyclic amines) is 1. The van der Waals surface area contributed by atoms with Gasteiger partial charge in [-0.25, -0.2) is 9.59 Å². The Hall–Kier alpha value is -1.34. The van der Waals surface area contributed by atoms with E-state index >= 15 is 0 Å². The number of carboxylic acid groups (broad SMARTS) is 1. The Bertz CT molecular complexity index is 311. The monoisotopic (exact) mass is 273 g/mol. The van der Waals surface area contributed by atoms with Crippen LogP contribution in [-0.2, 0) is 9.53 Å². The molecule has 0 aromatic carbocycles. The van der Waals surface area contributed by atoms with Crippen molar-refractivity contribution in [1.29, 1.82) is 0 Å². The molecule has 1 rings (SSSR count). The molecule has 1 aliphatic heterocycles. The second-order valence-electron chi connectivity index (χ2n) is 4.58. The van der Waals surface area contributed by atoms with Gasteiger partial charge < -0.3 is 20.5 Å². The summed E-state index contributed by atoms with van der Waals surface area (Å²) in [5.41, 5.74) is 0. The summed E-state index contributed by atoms with van der Waals surface area (Å²) >= 11 is 0. The van der Waals surface area contributed by atoms with Crippen molar-refractivity contribution in [1.82, 2.24) is 15.5 Å². The van der Waals surface area contributed by atoms with Gasteiger partial charge in [0.2, 0.25) is 0 Å². The number of rotatable bonds is 7. The quantitative estimate of drug-likeness (QED) is 0.601. The third-order valence-corrected chi connectivity index (χ3v) is 3.41. The number of nitrogens with zero attached hydrogens (tertiary/aromatic N) is 1. The van der Waals surface area contributed by atoms with Gasteiger partial charge in [0.1, 0.15) is 0 Å². The average Bonchev–Trinajstić information content (AvgIpc) is 2.84. The SMILES string of the molecule is CCN1CCCC1CNC(=O)NCC(OC)C(=O)O. The van der Waals surface area contributed by atoms with Crippen LogP contribution in [0.2, 0.25) is 0 Å². The van der Waals surface area contributed by atoms with E-state index < -0.39 is 12.1 Å². The summed E-state index contributed by atoms with van der Waals surface area (Å²) in [6.45, 7) is 4.71. The molecule has 1 fully saturated rings. The first kappa shape index (κ1) is 15.7. The lowest BCUT2D eigenvalue weighted by molar-refractivity contribution is -0.147. The zero-order valence-electron chi connectivity index (χ0n) is 11.5. The summed E-state index contributed by atoms with van der Waals surface area (Å²) in [7, 11) is 1.30. The largest absolute Gasteiger partial charge is 0.479 e. The molecule has 0 saturated carbocycles. The number of likely N-dealkylation sites (N-methyl/N-ethyl adjacent to an activating group) is 1. The number of amides is 2. The first-order chi connectivity index (χ1) is 9.08. The van der Waals surface area contributed by atoms with Gasteiger partial charge >= 0.3 is 12.0 Å². The molecular formula is C12H23N3O4. The van der Waals surface area contributed by atoms with Crippen LogP contribution in [0.1, 0.15) is 19.8 Å². The Labute approximate surface area is 113 Å². The highest BCUT2D eigenvalue weighted by molar-refractivity contribution is 5.76. The van der Waals surface area contributed by atoms with Crippen molar-refractivity contribution in [3.05, 3.63) is 0 Å². The van der Waals surface area contributed by atoms with Gasteiger partial charge in [-0.3, -0.25) is 4.90 Å². The Balaban J connectivity index is 2.22. The standard InChI is InChI=1S/C12H23N3O4/c1-3-15-6-4-5-9(15)7-13-12(18)14-8-10(19-2)11(16)17/h9-10H,3-8H2,1-2H3,(H,16,17)(H2,13,14,18). The minimum Gasteiger partial charge on any atom is -0.479 e. The minimum atomic E-state index is -1.09. The molecule has 7 nitrogen and oxygen atoms in total. The van der Waals surface area contributed by atoms with E-state index in [1.54, 1.807) is 0 Å². The maximum atomic E-state index is 11.5. The molecule has 1 heterocycles. The lowest BCUT2D eigenvalue weighted by atomic mass is 10.2. The lowest BCUT2D eigenvalue weighted by Crippen LogP contribution is -2.46. The second-order valence-corrected chi connectivity index (χ2v) is 4.58. The number of methoxy groups -OCH3 is 1. The fraction of sp³-hybridized carbons (Fsp3) is 0.833. The molecule has 0 spiro atoms. The van der Waals surface area contributed by atoms with Gasteiger partial charge in [-0.1, -0.05) is 6.92 Å². The number of hydrogen-bond acceptors (Lipinski definition) is 4. The summed E-state index contributed by atoms with van der Waals surface area (Å²) in [4.78, 5) is 24.6. The molecule has 2 atom stereocenters. The number of hydrogen-bond donors (Lipinski definition) is 3. The van der Waals surface area contributed by atoms with E-state index in [0.29, 0.717) is 12.6 Å². The molecule has 0 aromatic rings. The first-order valence-corrected chi connectivity index (χ1v) is 6.59. The maximum Gasteiger partial charge on any atom is 0.334 e. The topological polar surface area (TPSA) is 90.9 Å². The van der Waals surface area contributed by atoms with Gasteiger partial charge in [-0.15, -0.1) is 0 Å². The molecular weight excluding hydrogens is 250 g/mol. The van der Waals surface area contributed by atoms with Crippen LogP contribution >= 0.6 is 0 Å². The van der Waals surface area contributed by atoms with Crippen molar-refractivity contribution >= 4 is 12.0 Å². The molecule has 2 amide bonds. The fourth-order valence-corrected chi connectivity index (χ4v) is 2.27. The highest BCUT2D eigenvalue weighted by Gasteiger charge is 2.23. The molecule has 0 aliphatic carbocycles. The van der Waals surface area contributed by atoms with Crippen LogP contribution in [-0.4, -0.2) is 67.4 Å². The summed E-state index contributed by atoms with van der Waals surface area (Å²) < 4.78 is 4.72. The summed E-state index contributed by atoms with van der Waals surface area (Å²) in [5, 5.41) is 14.0. The van der Waals surface area contributed by atoms with Crippen LogP contribution in [0.3, 0.4) is 0 Å². The van der Waals surface area contributed by atoms with Crippen molar-refractivity contribution < 1.29 is 19.4 Å². The highest BCUT2D eigenvalue weighted by Crippen LogP contribution is 2.15. The van der Waals surface area contributed by atoms with E-state index in [9.17, 15) is 9.59 Å². The molecule has 0 radical (unpaired) electrons. The van der Waals surface area contributed by atoms with Crippen LogP contribution in [0.5, 0.6) is 0 Å². The van der Waals surface area contributed by atoms with E-state index in [0.717, 1.165) is 25.9 Å². The van der Waals surface area contributed by atoms with Crippen LogP contribution in [0, 0.1) is 0 Å². The number of carbonyl (C=O) groups is 2. The molecule has 0 bridgehead atoms. The van der Waals surface area contributed by atoms with Crippen molar-refractivity contribution in [2.45, 2.75) is 31.9 Å². The van der Waals surface area contributed by atoms with Crippen LogP contribution < -0.4 is 10.6 Å². The van der Waals surface area contributed by atoms with Crippen LogP contribution in [0.4, 0.5) is 4.79 Å². The van der Waals surface area contributed by atoms with E-state index in [1.165, 1.54) is 7.11 Å². The minimum absolute atomic E-state index is 0.0418. The number of urea groups is 1. The van der Waals surface area contributed by atoms with Crippen molar-refractivity contribution in [3.63, 3.8) is 0 Å². The Kier molecular flexibility index (Phi) is 6.58. The van der Waals surface area contributed by atoms with Crippen molar-refractivity contribution in [3.8, 4) is 0 Å². The first-order valence-electron chi connectivity index (χ1n) is 6.59. The molecule has 19 heavy (non-hydrogen) atoms. The summed E-state index contributed by atoms with van der Waals surface area (Å²) in [6.07, 6.45) is 1.24. The number of ether oxygens (including phenoxy) is 1. The zero-order valence-corrected chi connectivity index (χ0v) is 11.5. The predicted octanol–water partition coefficient (Wildman–Crippen LogP) is -0.130. The molecule has 1 aliphatic rings. The van der Waals surface area contributed by atoms with E-state index in [-0.39, 0.29) is 12.6 Å². The smallest absolute Gasteiger partial charge is 0.334 e. The van der Waals surface area contributed by atoms with Crippen molar-refractivity contribution in [2.75, 3.05) is 33.3 Å². The van der Waals surface area contributed by atoms with E-state index in [1.807, 2.05) is 0 Å². The van der Waals surface area contributed by atoms with Gasteiger partial charge in [-0.05, 0) is 25.9 Å². The number of nitrogens with one attached hydrogen (secondary N) is 2. The molecule has 1 saturated heterocycles. The number of carbonyl (C=O) groups excluding carboxylic acids is 1. The number of carboxylic acids is 1. The van der Waals surface area contributed by atoms with Gasteiger partial charge in [0.25, 0.3) is 0 Å². The molecule has 3 N–H and O–H groups in total. The fourth-order valence-electron chi connectivity index (χ4n) is 2.27. The molecule has 7 heteroatoms. The maximum absolute atomic E-state index is 11.5. The highest BCUT2D eigenvalue weighted by atomic mass is 16.5. The van der Waals surface area contributed by atoms with E-state index in [2.05, 4.69) is 22.5 Å². The Morgan fingerprint density at radius 1 is 1.47 bits per heavy atom. The number of aliphatic carboxylic acids is 1. The Morgan fingerprint density at radius 3 is 2.79 bits per heavy atom. The Morgan fingerprint density at radius 2 is 2.21 bits per heavy atom. The summed E-state index contributed by atoms with van der Waals surface area (Å²) in [6, 6.07) is 0.0275. The van der Waals surface area contributed by atoms with Gasteiger partial charge in [-0.2, -0.15) is 0 Å². The third-order valence-electron chi connectivity index (χ3n) is 3.41. The molecule has 2 unspecified atom stereocenters. The van der Waals surface area contributed by atoms with Gasteiger partial charge in [0.05, 0.1) is 6.54 Å². The third kappa shape index (κ3) is 5.04. The average molecular weight is 273 g/mol. The predicted molar refractivity (Wildman–Crippen MR) is 70.1 cm³/mol. The lowest BCUT2D eigenvalue weighted by Gasteiger charge is -2.23. The second kappa shape index (κ2) is 7.96. The van der Waals surface area contributed by atoms with Gasteiger partial charge in [0, 0.05) is 19.7 Å². The van der Waals surface area contributed by atoms with Crippen LogP contribution in [0.25, 0.3) is 0 Å². The van der Waals surface area contributed by atoms with Crippen LogP contribution in [0.15, 0.2) is 0 Å². The van der Waals surface area contributed by atoms with E-state index in [4.69, 9.17) is 9.84 Å². The zero-order chi connectivity index (χ0) is 14.3. The van der Waals surface area contributed by atoms with Gasteiger partial charge in [0.15, 0.2) is 6.10 Å². The normalized spacial score (nSPS) is 21.1.